The van der Waals surface area contributed by atoms with Crippen LogP contribution in [0.4, 0.5) is 0 Å². The Kier molecular flexibility index (Phi) is 9.04. The monoisotopic (exact) mass is 161 g/mol. The summed E-state index contributed by atoms with van der Waals surface area (Å²) in [4.78, 5) is 9.03. The van der Waals surface area contributed by atoms with E-state index in [0.29, 0.717) is 6.16 Å². The zero-order valence-corrected chi connectivity index (χ0v) is 7.18. The highest BCUT2D eigenvalue weighted by Gasteiger charge is 1.91. The number of hydrogen-bond acceptors (Lipinski definition) is 3. The molecule has 0 amide bonds. The van der Waals surface area contributed by atoms with Gasteiger partial charge in [-0.25, -0.2) is 0 Å². The number of nitrogens with one attached hydrogen (secondary N) is 2. The molecular weight excluding hydrogens is 147 g/mol. The molecule has 1 aliphatic rings. The van der Waals surface area contributed by atoms with Crippen LogP contribution in [0.5, 0.6) is 0 Å². The maximum Gasteiger partial charge on any atom is 0.202 e. The molecule has 1 fully saturated rings. The molecule has 59 valence electrons. The highest BCUT2D eigenvalue weighted by Crippen LogP contribution is 1.66. The van der Waals surface area contributed by atoms with E-state index >= 15 is 0 Å². The summed E-state index contributed by atoms with van der Waals surface area (Å²) in [7, 11) is 2.23. The third kappa shape index (κ3) is 8.02. The molecule has 3 nitrogen and oxygen atoms in total. The molecule has 1 aliphatic heterocycles. The minimum Gasteiger partial charge on any atom is -0.314 e. The van der Waals surface area contributed by atoms with Crippen LogP contribution in [0, 0.1) is 0 Å². The van der Waals surface area contributed by atoms with Crippen molar-refractivity contribution in [1.82, 2.24) is 10.6 Å². The van der Waals surface area contributed by atoms with E-state index in [1.807, 2.05) is 0 Å². The summed E-state index contributed by atoms with van der Waals surface area (Å²) in [6.45, 7) is 4.56. The van der Waals surface area contributed by atoms with Crippen LogP contribution in [0.25, 0.3) is 0 Å². The minimum atomic E-state index is 0.431. The smallest absolute Gasteiger partial charge is 0.202 e. The molecule has 2 N–H and O–H groups in total. The van der Waals surface area contributed by atoms with E-state index in [1.165, 1.54) is 0 Å². The lowest BCUT2D eigenvalue weighted by Gasteiger charge is -2.11. The Morgan fingerprint density at radius 1 is 1.20 bits per heavy atom. The van der Waals surface area contributed by atoms with Crippen LogP contribution in [-0.2, 0) is 4.79 Å². The SMILES string of the molecule is C1CNCCN1.O=[C]CP. The first-order valence-electron chi connectivity index (χ1n) is 3.38. The van der Waals surface area contributed by atoms with Crippen LogP contribution in [0.15, 0.2) is 0 Å². The van der Waals surface area contributed by atoms with Gasteiger partial charge in [0.1, 0.15) is 0 Å². The second-order valence-electron chi connectivity index (χ2n) is 1.85. The molecule has 0 aromatic heterocycles. The van der Waals surface area contributed by atoms with Gasteiger partial charge < -0.3 is 10.6 Å². The molecule has 0 aliphatic carbocycles. The van der Waals surface area contributed by atoms with E-state index in [2.05, 4.69) is 19.9 Å². The second-order valence-corrected chi connectivity index (χ2v) is 2.26. The topological polar surface area (TPSA) is 41.1 Å². The molecule has 1 atom stereocenters. The Morgan fingerprint density at radius 2 is 1.50 bits per heavy atom. The minimum absolute atomic E-state index is 0.431. The Morgan fingerprint density at radius 3 is 1.60 bits per heavy atom. The fourth-order valence-corrected chi connectivity index (χ4v) is 0.604. The van der Waals surface area contributed by atoms with Crippen LogP contribution >= 0.6 is 9.24 Å². The molecule has 1 radical (unpaired) electrons. The molecule has 4 heteroatoms. The van der Waals surface area contributed by atoms with E-state index in [0.717, 1.165) is 26.2 Å². The zero-order valence-electron chi connectivity index (χ0n) is 6.02. The summed E-state index contributed by atoms with van der Waals surface area (Å²) in [6, 6.07) is 0. The van der Waals surface area contributed by atoms with E-state index in [1.54, 1.807) is 6.29 Å². The molecule has 0 aromatic rings. The van der Waals surface area contributed by atoms with Gasteiger partial charge >= 0.3 is 0 Å². The van der Waals surface area contributed by atoms with Crippen LogP contribution in [0.2, 0.25) is 0 Å². The molecule has 1 heterocycles. The van der Waals surface area contributed by atoms with Gasteiger partial charge in [-0.3, -0.25) is 4.79 Å². The highest BCUT2D eigenvalue weighted by atomic mass is 31.0. The third-order valence-corrected chi connectivity index (χ3v) is 1.21. The van der Waals surface area contributed by atoms with Gasteiger partial charge in [0.05, 0.1) is 0 Å². The molecule has 0 aromatic carbocycles. The lowest BCUT2D eigenvalue weighted by Crippen LogP contribution is -2.39. The molecule has 0 bridgehead atoms. The van der Waals surface area contributed by atoms with Crippen molar-refractivity contribution in [2.24, 2.45) is 0 Å². The maximum absolute atomic E-state index is 9.03. The van der Waals surface area contributed by atoms with Crippen LogP contribution in [0.1, 0.15) is 0 Å². The predicted octanol–water partition coefficient (Wildman–Crippen LogP) is -0.850. The van der Waals surface area contributed by atoms with Crippen LogP contribution < -0.4 is 10.6 Å². The molecule has 1 rings (SSSR count). The molecular formula is C6H14N2OP. The van der Waals surface area contributed by atoms with Crippen molar-refractivity contribution in [3.63, 3.8) is 0 Å². The quantitative estimate of drug-likeness (QED) is 0.492. The first kappa shape index (κ1) is 10.0. The summed E-state index contributed by atoms with van der Waals surface area (Å²) in [5.41, 5.74) is 0. The molecule has 0 spiro atoms. The zero-order chi connectivity index (χ0) is 7.66. The van der Waals surface area contributed by atoms with E-state index < -0.39 is 0 Å². The van der Waals surface area contributed by atoms with Gasteiger partial charge in [0, 0.05) is 32.3 Å². The standard InChI is InChI=1S/C4H10N2.C2H4OP/c1-2-6-4-3-5-1;3-1-2-4/h5-6H,1-4H2;2,4H2. The maximum atomic E-state index is 9.03. The average molecular weight is 161 g/mol. The highest BCUT2D eigenvalue weighted by molar-refractivity contribution is 7.17. The number of carbonyl (C=O) groups excluding carboxylic acids is 1. The van der Waals surface area contributed by atoms with Crippen molar-refractivity contribution in [2.75, 3.05) is 32.3 Å². The summed E-state index contributed by atoms with van der Waals surface area (Å²) in [5.74, 6) is 0. The molecule has 0 saturated carbocycles. The van der Waals surface area contributed by atoms with Crippen LogP contribution in [-0.4, -0.2) is 38.6 Å². The summed E-state index contributed by atoms with van der Waals surface area (Å²) in [6.07, 6.45) is 2.07. The van der Waals surface area contributed by atoms with E-state index in [4.69, 9.17) is 4.79 Å². The fourth-order valence-electron chi connectivity index (χ4n) is 0.604. The lowest BCUT2D eigenvalue weighted by atomic mass is 10.4. The van der Waals surface area contributed by atoms with Crippen molar-refractivity contribution >= 4 is 15.5 Å². The van der Waals surface area contributed by atoms with Gasteiger partial charge in [0.15, 0.2) is 0 Å². The van der Waals surface area contributed by atoms with Gasteiger partial charge in [-0.05, 0) is 0 Å². The van der Waals surface area contributed by atoms with Gasteiger partial charge in [0.2, 0.25) is 6.29 Å². The summed E-state index contributed by atoms with van der Waals surface area (Å²) < 4.78 is 0. The van der Waals surface area contributed by atoms with Gasteiger partial charge in [-0.1, -0.05) is 0 Å². The fraction of sp³-hybridized carbons (Fsp3) is 0.833. The van der Waals surface area contributed by atoms with E-state index in [9.17, 15) is 0 Å². The predicted molar refractivity (Wildman–Crippen MR) is 46.0 cm³/mol. The first-order chi connectivity index (χ1) is 4.91. The van der Waals surface area contributed by atoms with E-state index in [-0.39, 0.29) is 0 Å². The Labute approximate surface area is 64.2 Å². The summed E-state index contributed by atoms with van der Waals surface area (Å²) in [5, 5.41) is 6.44. The molecule has 1 saturated heterocycles. The van der Waals surface area contributed by atoms with Crippen molar-refractivity contribution in [1.29, 1.82) is 0 Å². The largest absolute Gasteiger partial charge is 0.314 e. The third-order valence-electron chi connectivity index (χ3n) is 1.04. The Hall–Kier alpha value is 0.0200. The molecule has 10 heavy (non-hydrogen) atoms. The number of hydrogen-bond donors (Lipinski definition) is 2. The van der Waals surface area contributed by atoms with Gasteiger partial charge in [-0.15, -0.1) is 9.24 Å². The van der Waals surface area contributed by atoms with Crippen molar-refractivity contribution in [3.05, 3.63) is 0 Å². The van der Waals surface area contributed by atoms with Gasteiger partial charge in [0.25, 0.3) is 0 Å². The second kappa shape index (κ2) is 9.02. The van der Waals surface area contributed by atoms with Crippen molar-refractivity contribution in [3.8, 4) is 0 Å². The number of piperazine rings is 1. The normalized spacial score (nSPS) is 16.9. The van der Waals surface area contributed by atoms with Crippen LogP contribution in [0.3, 0.4) is 0 Å². The first-order valence-corrected chi connectivity index (χ1v) is 4.20. The molecule has 1 unspecified atom stereocenters. The van der Waals surface area contributed by atoms with Gasteiger partial charge in [-0.2, -0.15) is 0 Å². The van der Waals surface area contributed by atoms with Crippen molar-refractivity contribution in [2.45, 2.75) is 0 Å². The lowest BCUT2D eigenvalue weighted by molar-refractivity contribution is 0.534. The summed E-state index contributed by atoms with van der Waals surface area (Å²) >= 11 is 0. The average Bonchev–Trinajstić information content (AvgIpc) is 2.08. The number of rotatable bonds is 1. The van der Waals surface area contributed by atoms with Crippen molar-refractivity contribution < 1.29 is 4.79 Å². The Balaban J connectivity index is 0.000000180. The Bertz CT molecular complexity index is 64.6.